The van der Waals surface area contributed by atoms with Gasteiger partial charge >= 0.3 is 0 Å². The van der Waals surface area contributed by atoms with Crippen LogP contribution in [0.25, 0.3) is 0 Å². The maximum atomic E-state index is 13.6. The van der Waals surface area contributed by atoms with E-state index in [1.54, 1.807) is 6.92 Å². The quantitative estimate of drug-likeness (QED) is 0.136. The fraction of sp³-hybridized carbons (Fsp3) is 0.455. The number of phenolic OH excluding ortho intramolecular Hbond substituents is 2. The maximum Gasteiger partial charge on any atom is 0.243 e. The molecule has 1 fully saturated rings. The Bertz CT molecular complexity index is 1600. The molecule has 0 unspecified atom stereocenters. The number of hydrogen-bond acceptors (Lipinski definition) is 13. The number of methoxy groups -OCH3 is 1. The number of benzene rings is 2. The van der Waals surface area contributed by atoms with Gasteiger partial charge in [-0.15, -0.1) is 12.4 Å². The zero-order valence-electron chi connectivity index (χ0n) is 26.9. The van der Waals surface area contributed by atoms with Crippen molar-refractivity contribution in [3.63, 3.8) is 0 Å². The highest BCUT2D eigenvalue weighted by Gasteiger charge is 2.50. The van der Waals surface area contributed by atoms with Crippen LogP contribution in [-0.4, -0.2) is 98.7 Å². The molecule has 262 valence electrons. The Labute approximate surface area is 282 Å². The molecule has 5 rings (SSSR count). The molecule has 2 aromatic carbocycles. The van der Waals surface area contributed by atoms with Gasteiger partial charge in [0, 0.05) is 48.0 Å². The van der Waals surface area contributed by atoms with Crippen LogP contribution in [0.15, 0.2) is 30.9 Å². The number of carbonyl (C=O) groups excluding carboxylic acids is 4. The van der Waals surface area contributed by atoms with Crippen LogP contribution in [0.1, 0.15) is 82.7 Å². The molecule has 0 bridgehead atoms. The van der Waals surface area contributed by atoms with Crippen molar-refractivity contribution in [1.29, 1.82) is 0 Å². The summed E-state index contributed by atoms with van der Waals surface area (Å²) in [7, 11) is 1.32. The topological polar surface area (TPSA) is 235 Å². The predicted octanol–water partition coefficient (Wildman–Crippen LogP) is 1.12. The number of aromatic hydroxyl groups is 2. The number of aliphatic hydroxyl groups excluding tert-OH is 2. The summed E-state index contributed by atoms with van der Waals surface area (Å²) in [5.41, 5.74) is 2.37. The molecule has 1 amide bonds. The fourth-order valence-corrected chi connectivity index (χ4v) is 6.09. The molecule has 8 N–H and O–H groups in total. The molecule has 0 aromatic heterocycles. The number of nitrogens with one attached hydrogen (secondary N) is 1. The number of halogens is 1. The SMILES string of the molecule is C=CC(=O)NC(C)C.COc1cccc2c1C(=O)c1c(O)c3c(c(O)c1C2=O)C[C@@](O)(C(=O)CO)C[C@@H]3O[C@H]1C[C@H](N)[C@H](O)[C@H](C)O1.Cl. The molecule has 2 aliphatic carbocycles. The van der Waals surface area contributed by atoms with E-state index >= 15 is 0 Å². The number of ketones is 3. The van der Waals surface area contributed by atoms with Crippen LogP contribution in [0.4, 0.5) is 0 Å². The summed E-state index contributed by atoms with van der Waals surface area (Å²) in [6, 6.07) is 3.84. The number of amides is 1. The van der Waals surface area contributed by atoms with Crippen molar-refractivity contribution in [2.75, 3.05) is 13.7 Å². The lowest BCUT2D eigenvalue weighted by Gasteiger charge is -2.42. The highest BCUT2D eigenvalue weighted by atomic mass is 35.5. The van der Waals surface area contributed by atoms with Gasteiger partial charge in [0.2, 0.25) is 11.7 Å². The summed E-state index contributed by atoms with van der Waals surface area (Å²) < 4.78 is 17.0. The Balaban J connectivity index is 0.000000619. The molecular weight excluding hydrogens is 652 g/mol. The summed E-state index contributed by atoms with van der Waals surface area (Å²) in [4.78, 5) is 50.1. The molecule has 0 radical (unpaired) electrons. The van der Waals surface area contributed by atoms with Gasteiger partial charge in [0.1, 0.15) is 29.5 Å². The monoisotopic (exact) mass is 692 g/mol. The number of rotatable bonds is 7. The summed E-state index contributed by atoms with van der Waals surface area (Å²) in [6.45, 7) is 7.67. The number of hydrogen-bond donors (Lipinski definition) is 7. The molecule has 0 saturated carbocycles. The lowest BCUT2D eigenvalue weighted by atomic mass is 9.72. The smallest absolute Gasteiger partial charge is 0.243 e. The Morgan fingerprint density at radius 2 is 1.81 bits per heavy atom. The van der Waals surface area contributed by atoms with Gasteiger partial charge in [-0.05, 0) is 32.9 Å². The Hall–Kier alpha value is -3.89. The molecule has 15 heteroatoms. The van der Waals surface area contributed by atoms with Crippen LogP contribution in [0.2, 0.25) is 0 Å². The molecule has 3 aliphatic rings. The van der Waals surface area contributed by atoms with Gasteiger partial charge in [0.25, 0.3) is 0 Å². The number of fused-ring (bicyclic) bond motifs is 3. The van der Waals surface area contributed by atoms with Crippen LogP contribution in [-0.2, 0) is 25.5 Å². The molecule has 6 atom stereocenters. The van der Waals surface area contributed by atoms with Gasteiger partial charge in [-0.1, -0.05) is 18.7 Å². The van der Waals surface area contributed by atoms with Crippen molar-refractivity contribution >= 4 is 35.7 Å². The minimum Gasteiger partial charge on any atom is -0.507 e. The number of ether oxygens (including phenoxy) is 3. The van der Waals surface area contributed by atoms with Crippen molar-refractivity contribution < 1.29 is 58.9 Å². The second kappa shape index (κ2) is 15.1. The van der Waals surface area contributed by atoms with Gasteiger partial charge < -0.3 is 50.8 Å². The third kappa shape index (κ3) is 7.10. The summed E-state index contributed by atoms with van der Waals surface area (Å²) >= 11 is 0. The number of aliphatic hydroxyl groups is 3. The molecule has 14 nitrogen and oxygen atoms in total. The van der Waals surface area contributed by atoms with Gasteiger partial charge in [-0.25, -0.2) is 0 Å². The fourth-order valence-electron chi connectivity index (χ4n) is 6.09. The molecule has 1 aliphatic heterocycles. The second-order valence-electron chi connectivity index (χ2n) is 12.0. The molecule has 1 heterocycles. The maximum absolute atomic E-state index is 13.6. The first-order valence-electron chi connectivity index (χ1n) is 15.0. The van der Waals surface area contributed by atoms with Crippen molar-refractivity contribution in [2.24, 2.45) is 5.73 Å². The summed E-state index contributed by atoms with van der Waals surface area (Å²) in [5, 5.41) is 56.3. The first kappa shape index (κ1) is 38.6. The number of Topliss-reactive ketones (excluding diaryl/α,β-unsaturated/α-hetero) is 1. The van der Waals surface area contributed by atoms with Gasteiger partial charge in [-0.2, -0.15) is 0 Å². The van der Waals surface area contributed by atoms with Crippen LogP contribution >= 0.6 is 12.4 Å². The van der Waals surface area contributed by atoms with Crippen LogP contribution < -0.4 is 15.8 Å². The van der Waals surface area contributed by atoms with Gasteiger partial charge in [0.05, 0.1) is 42.1 Å². The van der Waals surface area contributed by atoms with Crippen molar-refractivity contribution in [2.45, 2.75) is 82.3 Å². The minimum atomic E-state index is -2.24. The van der Waals surface area contributed by atoms with E-state index in [2.05, 4.69) is 11.9 Å². The Morgan fingerprint density at radius 1 is 1.17 bits per heavy atom. The standard InChI is InChI=1S/C27H29NO11.C6H11NO.ClH/c1-10-22(31)13(28)6-17(38-10)39-15-8-27(36,16(30)9-29)7-12-19(15)26(35)21-20(24(12)33)23(32)11-4-3-5-14(37-2)18(11)25(21)34;1-4-6(8)7-5(2)3;/h3-5,10,13,15,17,22,29,31,33,35-36H,6-9,28H2,1-2H3;4-5H,1H2,2-3H3,(H,7,8);1H/t10-,13-,15-,17-,22+,27-;;/m0../s1. The Morgan fingerprint density at radius 3 is 2.35 bits per heavy atom. The Kier molecular flexibility index (Phi) is 12.1. The summed E-state index contributed by atoms with van der Waals surface area (Å²) in [6.07, 6.45) is -3.86. The molecular formula is C33H41ClN2O12. The zero-order chi connectivity index (χ0) is 35.0. The van der Waals surface area contributed by atoms with Gasteiger partial charge in [-0.3, -0.25) is 19.2 Å². The highest BCUT2D eigenvalue weighted by Crippen LogP contribution is 2.52. The molecule has 0 spiro atoms. The minimum absolute atomic E-state index is 0. The summed E-state index contributed by atoms with van der Waals surface area (Å²) in [5.74, 6) is -3.89. The molecule has 1 saturated heterocycles. The van der Waals surface area contributed by atoms with E-state index in [1.165, 1.54) is 31.4 Å². The lowest BCUT2D eigenvalue weighted by molar-refractivity contribution is -0.247. The third-order valence-corrected chi connectivity index (χ3v) is 8.42. The van der Waals surface area contributed by atoms with E-state index < -0.39 is 95.7 Å². The first-order valence-corrected chi connectivity index (χ1v) is 15.0. The lowest BCUT2D eigenvalue weighted by Crippen LogP contribution is -2.53. The van der Waals surface area contributed by atoms with E-state index in [-0.39, 0.29) is 58.8 Å². The zero-order valence-corrected chi connectivity index (χ0v) is 27.7. The van der Waals surface area contributed by atoms with Crippen molar-refractivity contribution in [3.05, 3.63) is 64.2 Å². The predicted molar refractivity (Wildman–Crippen MR) is 172 cm³/mol. The largest absolute Gasteiger partial charge is 0.507 e. The van der Waals surface area contributed by atoms with Crippen LogP contribution in [0.5, 0.6) is 17.2 Å². The average Bonchev–Trinajstić information content (AvgIpc) is 3.02. The number of phenols is 2. The number of nitrogens with two attached hydrogens (primary N) is 1. The normalized spacial score (nSPS) is 25.7. The van der Waals surface area contributed by atoms with Crippen LogP contribution in [0.3, 0.4) is 0 Å². The van der Waals surface area contributed by atoms with E-state index in [0.29, 0.717) is 0 Å². The second-order valence-corrected chi connectivity index (χ2v) is 12.0. The molecule has 48 heavy (non-hydrogen) atoms. The van der Waals surface area contributed by atoms with Gasteiger partial charge in [0.15, 0.2) is 17.9 Å². The molecule has 2 aromatic rings. The third-order valence-electron chi connectivity index (χ3n) is 8.42. The average molecular weight is 693 g/mol. The van der Waals surface area contributed by atoms with E-state index in [0.717, 1.165) is 0 Å². The first-order chi connectivity index (χ1) is 22.1. The van der Waals surface area contributed by atoms with Crippen molar-refractivity contribution in [3.8, 4) is 17.2 Å². The van der Waals surface area contributed by atoms with E-state index in [1.807, 2.05) is 13.8 Å². The number of carbonyl (C=O) groups is 4. The van der Waals surface area contributed by atoms with Crippen LogP contribution in [0, 0.1) is 0 Å². The van der Waals surface area contributed by atoms with E-state index in [4.69, 9.17) is 19.9 Å². The van der Waals surface area contributed by atoms with E-state index in [9.17, 15) is 44.7 Å². The van der Waals surface area contributed by atoms with Crippen molar-refractivity contribution in [1.82, 2.24) is 5.32 Å². The highest BCUT2D eigenvalue weighted by molar-refractivity contribution is 6.31.